The predicted octanol–water partition coefficient (Wildman–Crippen LogP) is 7.56. The number of amidine groups is 1. The van der Waals surface area contributed by atoms with E-state index in [0.717, 1.165) is 42.6 Å². The van der Waals surface area contributed by atoms with Gasteiger partial charge in [-0.25, -0.2) is 9.98 Å². The number of hydrogen-bond donors (Lipinski definition) is 0. The average Bonchev–Trinajstić information content (AvgIpc) is 3.20. The fourth-order valence-electron chi connectivity index (χ4n) is 4.51. The van der Waals surface area contributed by atoms with Crippen LogP contribution in [0.5, 0.6) is 5.75 Å². The van der Waals surface area contributed by atoms with E-state index < -0.39 is 0 Å². The van der Waals surface area contributed by atoms with E-state index in [4.69, 9.17) is 21.3 Å². The standard InChI is InChI=1S/C29H28ClN3O2S/c1-20-13-15-21(16-14-20)19-35-25-12-6-5-8-22(25)18-26-28(34)33(23-9-3-2-4-10-23)29(36-26)32-24-11-7-17-31-27(24)30/h5-8,11-18,23H,2-4,9-10,19H2,1H3/b26-18-,32-29?. The number of pyridine rings is 1. The van der Waals surface area contributed by atoms with Crippen LogP contribution < -0.4 is 4.74 Å². The van der Waals surface area contributed by atoms with Crippen molar-refractivity contribution < 1.29 is 9.53 Å². The van der Waals surface area contributed by atoms with Crippen molar-refractivity contribution >= 4 is 46.2 Å². The summed E-state index contributed by atoms with van der Waals surface area (Å²) in [6.45, 7) is 2.53. The number of carbonyl (C=O) groups is 1. The topological polar surface area (TPSA) is 54.8 Å². The van der Waals surface area contributed by atoms with Crippen LogP contribution in [0.3, 0.4) is 0 Å². The molecule has 5 nitrogen and oxygen atoms in total. The first-order chi connectivity index (χ1) is 17.6. The maximum absolute atomic E-state index is 13.7. The molecule has 1 aromatic heterocycles. The molecule has 184 valence electrons. The summed E-state index contributed by atoms with van der Waals surface area (Å²) in [4.78, 5) is 25.1. The quantitative estimate of drug-likeness (QED) is 0.250. The zero-order valence-electron chi connectivity index (χ0n) is 20.2. The van der Waals surface area contributed by atoms with Gasteiger partial charge in [0.15, 0.2) is 10.3 Å². The van der Waals surface area contributed by atoms with Crippen molar-refractivity contribution in [3.63, 3.8) is 0 Å². The Hall–Kier alpha value is -3.09. The molecule has 2 heterocycles. The molecule has 0 unspecified atom stereocenters. The fraction of sp³-hybridized carbons (Fsp3) is 0.276. The molecule has 1 saturated carbocycles. The zero-order chi connectivity index (χ0) is 24.9. The van der Waals surface area contributed by atoms with Gasteiger partial charge in [0.2, 0.25) is 0 Å². The highest BCUT2D eigenvalue weighted by atomic mass is 35.5. The van der Waals surface area contributed by atoms with Gasteiger partial charge in [0.05, 0.1) is 4.91 Å². The maximum Gasteiger partial charge on any atom is 0.267 e. The summed E-state index contributed by atoms with van der Waals surface area (Å²) < 4.78 is 6.16. The Bertz CT molecular complexity index is 1300. The number of para-hydroxylation sites is 1. The number of thioether (sulfide) groups is 1. The molecule has 0 N–H and O–H groups in total. The number of rotatable bonds is 6. The first-order valence-electron chi connectivity index (χ1n) is 12.3. The van der Waals surface area contributed by atoms with Crippen molar-refractivity contribution in [2.24, 2.45) is 4.99 Å². The molecule has 2 fully saturated rings. The van der Waals surface area contributed by atoms with Crippen molar-refractivity contribution in [1.82, 2.24) is 9.88 Å². The molecule has 0 bridgehead atoms. The summed E-state index contributed by atoms with van der Waals surface area (Å²) in [5, 5.41) is 0.986. The van der Waals surface area contributed by atoms with Crippen molar-refractivity contribution in [3.05, 3.63) is 93.6 Å². The van der Waals surface area contributed by atoms with Gasteiger partial charge < -0.3 is 4.74 Å². The zero-order valence-corrected chi connectivity index (χ0v) is 21.8. The molecule has 2 aromatic carbocycles. The second kappa shape index (κ2) is 11.3. The van der Waals surface area contributed by atoms with Crippen LogP contribution in [0.4, 0.5) is 5.69 Å². The molecule has 2 aliphatic rings. The van der Waals surface area contributed by atoms with Crippen LogP contribution >= 0.6 is 23.4 Å². The van der Waals surface area contributed by atoms with Gasteiger partial charge in [0.1, 0.15) is 18.0 Å². The highest BCUT2D eigenvalue weighted by Crippen LogP contribution is 2.40. The van der Waals surface area contributed by atoms with E-state index in [1.54, 1.807) is 12.3 Å². The number of aromatic nitrogens is 1. The average molecular weight is 518 g/mol. The number of halogens is 1. The number of nitrogens with zero attached hydrogens (tertiary/aromatic N) is 3. The van der Waals surface area contributed by atoms with E-state index >= 15 is 0 Å². The Morgan fingerprint density at radius 2 is 1.86 bits per heavy atom. The van der Waals surface area contributed by atoms with E-state index in [9.17, 15) is 4.79 Å². The van der Waals surface area contributed by atoms with Crippen LogP contribution in [-0.4, -0.2) is 27.0 Å². The third-order valence-corrected chi connectivity index (χ3v) is 7.73. The molecule has 0 spiro atoms. The van der Waals surface area contributed by atoms with Crippen LogP contribution in [0.15, 0.2) is 76.8 Å². The van der Waals surface area contributed by atoms with Crippen molar-refractivity contribution in [3.8, 4) is 5.75 Å². The first kappa shape index (κ1) is 24.6. The minimum absolute atomic E-state index is 0.0148. The number of aliphatic imine (C=N–C) groups is 1. The summed E-state index contributed by atoms with van der Waals surface area (Å²) in [7, 11) is 0. The largest absolute Gasteiger partial charge is 0.488 e. The Kier molecular flexibility index (Phi) is 7.73. The number of aryl methyl sites for hydroxylation is 1. The van der Waals surface area contributed by atoms with Crippen LogP contribution in [-0.2, 0) is 11.4 Å². The number of amides is 1. The van der Waals surface area contributed by atoms with Crippen molar-refractivity contribution in [2.45, 2.75) is 51.7 Å². The third-order valence-electron chi connectivity index (χ3n) is 6.45. The number of ether oxygens (including phenoxy) is 1. The third kappa shape index (κ3) is 5.66. The Morgan fingerprint density at radius 1 is 1.08 bits per heavy atom. The van der Waals surface area contributed by atoms with E-state index in [0.29, 0.717) is 27.5 Å². The van der Waals surface area contributed by atoms with Gasteiger partial charge in [-0.1, -0.05) is 78.9 Å². The molecule has 7 heteroatoms. The lowest BCUT2D eigenvalue weighted by Crippen LogP contribution is -2.40. The van der Waals surface area contributed by atoms with E-state index in [1.807, 2.05) is 41.3 Å². The van der Waals surface area contributed by atoms with Crippen LogP contribution in [0.2, 0.25) is 5.15 Å². The lowest BCUT2D eigenvalue weighted by Gasteiger charge is -2.30. The molecule has 5 rings (SSSR count). The molecule has 1 amide bonds. The summed E-state index contributed by atoms with van der Waals surface area (Å²) in [6, 6.07) is 19.9. The molecular weight excluding hydrogens is 490 g/mol. The molecule has 0 radical (unpaired) electrons. The second-order valence-electron chi connectivity index (χ2n) is 9.10. The maximum atomic E-state index is 13.7. The molecule has 1 aliphatic carbocycles. The molecule has 1 aliphatic heterocycles. The van der Waals surface area contributed by atoms with Gasteiger partial charge in [-0.3, -0.25) is 9.69 Å². The first-order valence-corrected chi connectivity index (χ1v) is 13.5. The van der Waals surface area contributed by atoms with Crippen LogP contribution in [0.25, 0.3) is 6.08 Å². The second-order valence-corrected chi connectivity index (χ2v) is 10.5. The Balaban J connectivity index is 1.44. The van der Waals surface area contributed by atoms with E-state index in [-0.39, 0.29) is 11.9 Å². The summed E-state index contributed by atoms with van der Waals surface area (Å²) >= 11 is 7.68. The van der Waals surface area contributed by atoms with Crippen LogP contribution in [0.1, 0.15) is 48.8 Å². The highest BCUT2D eigenvalue weighted by Gasteiger charge is 2.39. The molecular formula is C29H28ClN3O2S. The molecule has 1 saturated heterocycles. The van der Waals surface area contributed by atoms with Crippen molar-refractivity contribution in [2.75, 3.05) is 0 Å². The molecule has 3 aromatic rings. The lowest BCUT2D eigenvalue weighted by atomic mass is 9.94. The summed E-state index contributed by atoms with van der Waals surface area (Å²) in [5.74, 6) is 0.725. The molecule has 0 atom stereocenters. The van der Waals surface area contributed by atoms with Gasteiger partial charge in [-0.15, -0.1) is 0 Å². The normalized spacial score (nSPS) is 18.8. The van der Waals surface area contributed by atoms with Crippen LogP contribution in [0, 0.1) is 6.92 Å². The van der Waals surface area contributed by atoms with Gasteiger partial charge in [-0.2, -0.15) is 0 Å². The lowest BCUT2D eigenvalue weighted by molar-refractivity contribution is -0.124. The van der Waals surface area contributed by atoms with Gasteiger partial charge in [-0.05, 0) is 61.4 Å². The van der Waals surface area contributed by atoms with Gasteiger partial charge in [0, 0.05) is 17.8 Å². The van der Waals surface area contributed by atoms with E-state index in [2.05, 4.69) is 36.2 Å². The monoisotopic (exact) mass is 517 g/mol. The highest BCUT2D eigenvalue weighted by molar-refractivity contribution is 8.18. The minimum Gasteiger partial charge on any atom is -0.488 e. The Labute approximate surface area is 221 Å². The minimum atomic E-state index is -0.0148. The number of carbonyl (C=O) groups excluding carboxylic acids is 1. The predicted molar refractivity (Wildman–Crippen MR) is 148 cm³/mol. The molecule has 36 heavy (non-hydrogen) atoms. The summed E-state index contributed by atoms with van der Waals surface area (Å²) in [6.07, 6.45) is 8.97. The van der Waals surface area contributed by atoms with Gasteiger partial charge in [0.25, 0.3) is 5.91 Å². The number of benzene rings is 2. The van der Waals surface area contributed by atoms with E-state index in [1.165, 1.54) is 23.7 Å². The van der Waals surface area contributed by atoms with Crippen molar-refractivity contribution in [1.29, 1.82) is 0 Å². The van der Waals surface area contributed by atoms with Gasteiger partial charge >= 0.3 is 0 Å². The Morgan fingerprint density at radius 3 is 2.64 bits per heavy atom. The SMILES string of the molecule is Cc1ccc(COc2ccccc2/C=C2\SC(=Nc3cccnc3Cl)N(C3CCCCC3)C2=O)cc1. The fourth-order valence-corrected chi connectivity index (χ4v) is 5.71. The smallest absolute Gasteiger partial charge is 0.267 e. The number of hydrogen-bond acceptors (Lipinski definition) is 5. The summed E-state index contributed by atoms with van der Waals surface area (Å²) in [5.41, 5.74) is 3.75.